The summed E-state index contributed by atoms with van der Waals surface area (Å²) in [5.74, 6) is -0.732. The maximum absolute atomic E-state index is 11.8. The average Bonchev–Trinajstić information content (AvgIpc) is 2.12. The number of rotatable bonds is 8. The number of hydrogen-bond acceptors (Lipinski definition) is 3. The first-order chi connectivity index (χ1) is 8.16. The van der Waals surface area contributed by atoms with Crippen molar-refractivity contribution < 1.29 is 19.8 Å². The summed E-state index contributed by atoms with van der Waals surface area (Å²) in [5.41, 5.74) is -0.576. The maximum atomic E-state index is 11.8. The van der Waals surface area contributed by atoms with Crippen molar-refractivity contribution in [2.24, 2.45) is 11.3 Å². The molecule has 0 aromatic rings. The number of carbonyl (C=O) groups excluding carboxylic acids is 1. The van der Waals surface area contributed by atoms with Crippen LogP contribution in [0.15, 0.2) is 0 Å². The van der Waals surface area contributed by atoms with Gasteiger partial charge in [0, 0.05) is 6.42 Å². The molecule has 0 fully saturated rings. The van der Waals surface area contributed by atoms with Crippen LogP contribution in [0.5, 0.6) is 0 Å². The van der Waals surface area contributed by atoms with Crippen molar-refractivity contribution in [2.45, 2.75) is 53.0 Å². The van der Waals surface area contributed by atoms with E-state index in [4.69, 9.17) is 10.2 Å². The highest BCUT2D eigenvalue weighted by Crippen LogP contribution is 2.24. The second kappa shape index (κ2) is 7.36. The summed E-state index contributed by atoms with van der Waals surface area (Å²) in [4.78, 5) is 22.4. The molecule has 0 radical (unpaired) electrons. The Morgan fingerprint density at radius 3 is 2.17 bits per heavy atom. The molecule has 0 aromatic heterocycles. The Bertz CT molecular complexity index is 287. The van der Waals surface area contributed by atoms with Crippen LogP contribution in [0.2, 0.25) is 0 Å². The summed E-state index contributed by atoms with van der Waals surface area (Å²) < 4.78 is 0. The largest absolute Gasteiger partial charge is 0.481 e. The maximum Gasteiger partial charge on any atom is 0.303 e. The van der Waals surface area contributed by atoms with E-state index in [1.54, 1.807) is 13.8 Å². The highest BCUT2D eigenvalue weighted by atomic mass is 16.4. The molecule has 0 spiro atoms. The molecule has 0 saturated carbocycles. The van der Waals surface area contributed by atoms with E-state index in [1.807, 2.05) is 13.8 Å². The Balaban J connectivity index is 4.27. The molecule has 106 valence electrons. The summed E-state index contributed by atoms with van der Waals surface area (Å²) in [6.45, 7) is 7.43. The van der Waals surface area contributed by atoms with Crippen molar-refractivity contribution in [3.8, 4) is 0 Å². The molecule has 1 atom stereocenters. The lowest BCUT2D eigenvalue weighted by molar-refractivity contribution is -0.139. The second-order valence-electron chi connectivity index (χ2n) is 5.99. The molecule has 3 N–H and O–H groups in total. The Hall–Kier alpha value is -1.10. The Morgan fingerprint density at radius 2 is 1.78 bits per heavy atom. The van der Waals surface area contributed by atoms with Crippen molar-refractivity contribution in [1.82, 2.24) is 5.32 Å². The molecule has 0 aliphatic carbocycles. The van der Waals surface area contributed by atoms with Gasteiger partial charge in [0.25, 0.3) is 0 Å². The Kier molecular flexibility index (Phi) is 6.91. The molecule has 0 aliphatic heterocycles. The van der Waals surface area contributed by atoms with Gasteiger partial charge in [-0.3, -0.25) is 9.59 Å². The van der Waals surface area contributed by atoms with Crippen molar-refractivity contribution in [3.63, 3.8) is 0 Å². The molecule has 5 nitrogen and oxygen atoms in total. The summed E-state index contributed by atoms with van der Waals surface area (Å²) >= 11 is 0. The molecule has 5 heteroatoms. The van der Waals surface area contributed by atoms with Crippen LogP contribution in [0.3, 0.4) is 0 Å². The number of carbonyl (C=O) groups is 2. The predicted octanol–water partition coefficient (Wildman–Crippen LogP) is 1.40. The van der Waals surface area contributed by atoms with Gasteiger partial charge in [-0.05, 0) is 17.8 Å². The molecular weight excluding hydrogens is 234 g/mol. The number of hydrogen-bond donors (Lipinski definition) is 3. The molecule has 0 saturated heterocycles. The van der Waals surface area contributed by atoms with E-state index in [2.05, 4.69) is 5.32 Å². The lowest BCUT2D eigenvalue weighted by Crippen LogP contribution is -2.40. The van der Waals surface area contributed by atoms with Crippen molar-refractivity contribution >= 4 is 11.9 Å². The van der Waals surface area contributed by atoms with Crippen LogP contribution in [0.4, 0.5) is 0 Å². The fourth-order valence-corrected chi connectivity index (χ4v) is 1.93. The minimum atomic E-state index is -0.909. The number of nitrogens with one attached hydrogen (secondary N) is 1. The zero-order chi connectivity index (χ0) is 14.3. The second-order valence-corrected chi connectivity index (χ2v) is 5.99. The molecule has 0 heterocycles. The minimum absolute atomic E-state index is 0.0472. The van der Waals surface area contributed by atoms with E-state index < -0.39 is 11.4 Å². The number of carboxylic acids is 1. The summed E-state index contributed by atoms with van der Waals surface area (Å²) in [6, 6.07) is -0.252. The number of aliphatic hydroxyl groups is 1. The van der Waals surface area contributed by atoms with Gasteiger partial charge in [-0.2, -0.15) is 0 Å². The Labute approximate surface area is 109 Å². The third-order valence-electron chi connectivity index (χ3n) is 2.61. The lowest BCUT2D eigenvalue weighted by Gasteiger charge is -2.24. The van der Waals surface area contributed by atoms with Crippen LogP contribution < -0.4 is 5.32 Å². The fourth-order valence-electron chi connectivity index (χ4n) is 1.93. The number of carboxylic acid groups (broad SMARTS) is 1. The van der Waals surface area contributed by atoms with Gasteiger partial charge in [0.15, 0.2) is 0 Å². The van der Waals surface area contributed by atoms with E-state index in [0.29, 0.717) is 12.3 Å². The van der Waals surface area contributed by atoms with Gasteiger partial charge in [-0.15, -0.1) is 0 Å². The van der Waals surface area contributed by atoms with E-state index >= 15 is 0 Å². The monoisotopic (exact) mass is 259 g/mol. The van der Waals surface area contributed by atoms with Crippen LogP contribution >= 0.6 is 0 Å². The zero-order valence-electron chi connectivity index (χ0n) is 11.7. The van der Waals surface area contributed by atoms with Gasteiger partial charge in [-0.1, -0.05) is 27.7 Å². The third kappa shape index (κ3) is 8.06. The molecule has 0 aliphatic rings. The summed E-state index contributed by atoms with van der Waals surface area (Å²) in [7, 11) is 0. The van der Waals surface area contributed by atoms with Gasteiger partial charge >= 0.3 is 5.97 Å². The van der Waals surface area contributed by atoms with Gasteiger partial charge in [-0.25, -0.2) is 0 Å². The minimum Gasteiger partial charge on any atom is -0.481 e. The first-order valence-corrected chi connectivity index (χ1v) is 6.28. The molecular formula is C13H25NO4. The van der Waals surface area contributed by atoms with Crippen LogP contribution in [0.25, 0.3) is 0 Å². The van der Waals surface area contributed by atoms with Crippen LogP contribution in [-0.4, -0.2) is 34.7 Å². The summed E-state index contributed by atoms with van der Waals surface area (Å²) in [6.07, 6.45) is 0.809. The fraction of sp³-hybridized carbons (Fsp3) is 0.846. The summed E-state index contributed by atoms with van der Waals surface area (Å²) in [5, 5.41) is 20.6. The highest BCUT2D eigenvalue weighted by Gasteiger charge is 2.26. The van der Waals surface area contributed by atoms with Gasteiger partial charge in [0.2, 0.25) is 5.91 Å². The molecule has 1 amide bonds. The lowest BCUT2D eigenvalue weighted by atomic mass is 9.85. The van der Waals surface area contributed by atoms with Crippen LogP contribution in [0, 0.1) is 11.3 Å². The smallest absolute Gasteiger partial charge is 0.303 e. The van der Waals surface area contributed by atoms with E-state index in [9.17, 15) is 9.59 Å². The van der Waals surface area contributed by atoms with Crippen molar-refractivity contribution in [2.75, 3.05) is 6.61 Å². The molecule has 0 rings (SSSR count). The normalized spacial score (nSPS) is 13.4. The van der Waals surface area contributed by atoms with Crippen molar-refractivity contribution in [1.29, 1.82) is 0 Å². The quantitative estimate of drug-likeness (QED) is 0.615. The van der Waals surface area contributed by atoms with Crippen molar-refractivity contribution in [3.05, 3.63) is 0 Å². The van der Waals surface area contributed by atoms with E-state index in [1.165, 1.54) is 0 Å². The molecule has 0 bridgehead atoms. The molecule has 0 aromatic carbocycles. The van der Waals surface area contributed by atoms with Gasteiger partial charge < -0.3 is 15.5 Å². The number of aliphatic carboxylic acids is 1. The van der Waals surface area contributed by atoms with E-state index in [0.717, 1.165) is 0 Å². The van der Waals surface area contributed by atoms with Crippen LogP contribution in [0.1, 0.15) is 47.0 Å². The molecule has 18 heavy (non-hydrogen) atoms. The first-order valence-electron chi connectivity index (χ1n) is 6.28. The van der Waals surface area contributed by atoms with E-state index in [-0.39, 0.29) is 31.4 Å². The first kappa shape index (κ1) is 16.9. The number of amides is 1. The predicted molar refractivity (Wildman–Crippen MR) is 69.1 cm³/mol. The van der Waals surface area contributed by atoms with Crippen LogP contribution in [-0.2, 0) is 9.59 Å². The topological polar surface area (TPSA) is 86.6 Å². The van der Waals surface area contributed by atoms with Gasteiger partial charge in [0.05, 0.1) is 19.1 Å². The third-order valence-corrected chi connectivity index (χ3v) is 2.61. The average molecular weight is 259 g/mol. The number of aliphatic hydroxyl groups excluding tert-OH is 1. The Morgan fingerprint density at radius 1 is 1.22 bits per heavy atom. The van der Waals surface area contributed by atoms with Gasteiger partial charge in [0.1, 0.15) is 0 Å². The zero-order valence-corrected chi connectivity index (χ0v) is 11.7. The standard InChI is InChI=1S/C13H25NO4/c1-9(2)5-10(8-15)14-11(16)6-13(3,4)7-12(17)18/h9-10,15H,5-8H2,1-4H3,(H,14,16)(H,17,18). The SMILES string of the molecule is CC(C)CC(CO)NC(=O)CC(C)(C)CC(=O)O. The molecule has 1 unspecified atom stereocenters. The highest BCUT2D eigenvalue weighted by molar-refractivity contribution is 5.78.